The number of aromatic nitrogens is 1. The minimum atomic E-state index is -0.110. The van der Waals surface area contributed by atoms with Crippen LogP contribution < -0.4 is 5.32 Å². The molecule has 3 nitrogen and oxygen atoms in total. The van der Waals surface area contributed by atoms with Crippen molar-refractivity contribution in [2.45, 2.75) is 44.1 Å². The first-order valence-corrected chi connectivity index (χ1v) is 8.58. The summed E-state index contributed by atoms with van der Waals surface area (Å²) in [5.74, 6) is -0.0920. The van der Waals surface area contributed by atoms with Crippen LogP contribution >= 0.6 is 11.6 Å². The normalized spacial score (nSPS) is 17.6. The third kappa shape index (κ3) is 2.98. The van der Waals surface area contributed by atoms with Crippen LogP contribution in [0.3, 0.4) is 0 Å². The Labute approximate surface area is 141 Å². The first-order valence-electron chi connectivity index (χ1n) is 8.20. The van der Waals surface area contributed by atoms with Gasteiger partial charge in [0.05, 0.1) is 5.56 Å². The third-order valence-corrected chi connectivity index (χ3v) is 5.15. The highest BCUT2D eigenvalue weighted by Crippen LogP contribution is 2.39. The molecule has 1 amide bonds. The van der Waals surface area contributed by atoms with Crippen molar-refractivity contribution >= 4 is 17.5 Å². The van der Waals surface area contributed by atoms with Gasteiger partial charge in [-0.15, -0.1) is 0 Å². The maximum absolute atomic E-state index is 12.7. The highest BCUT2D eigenvalue weighted by molar-refractivity contribution is 6.32. The van der Waals surface area contributed by atoms with E-state index in [1.54, 1.807) is 0 Å². The Morgan fingerprint density at radius 1 is 1.22 bits per heavy atom. The zero-order valence-electron chi connectivity index (χ0n) is 12.9. The molecule has 4 heteroatoms. The molecule has 1 aromatic carbocycles. The topological polar surface area (TPSA) is 42.0 Å². The number of hydrogen-bond acceptors (Lipinski definition) is 2. The zero-order chi connectivity index (χ0) is 15.9. The van der Waals surface area contributed by atoms with Crippen LogP contribution in [0.5, 0.6) is 0 Å². The second-order valence-corrected chi connectivity index (χ2v) is 7.04. The number of aryl methyl sites for hydroxylation is 2. The third-order valence-electron chi connectivity index (χ3n) is 4.87. The van der Waals surface area contributed by atoms with E-state index in [1.165, 1.54) is 11.1 Å². The molecule has 2 aromatic rings. The number of nitrogens with zero attached hydrogens (tertiary/aromatic N) is 1. The second kappa shape index (κ2) is 5.64. The first-order chi connectivity index (χ1) is 11.2. The van der Waals surface area contributed by atoms with Crippen molar-refractivity contribution in [1.29, 1.82) is 0 Å². The number of amides is 1. The quantitative estimate of drug-likeness (QED) is 0.870. The zero-order valence-corrected chi connectivity index (χ0v) is 13.7. The van der Waals surface area contributed by atoms with Crippen LogP contribution in [0.1, 0.15) is 46.4 Å². The van der Waals surface area contributed by atoms with Crippen molar-refractivity contribution in [2.24, 2.45) is 0 Å². The minimum Gasteiger partial charge on any atom is -0.346 e. The smallest absolute Gasteiger partial charge is 0.254 e. The molecule has 0 spiro atoms. The van der Waals surface area contributed by atoms with Crippen molar-refractivity contribution in [3.8, 4) is 0 Å². The average Bonchev–Trinajstić information content (AvgIpc) is 3.13. The van der Waals surface area contributed by atoms with Crippen molar-refractivity contribution in [3.63, 3.8) is 0 Å². The van der Waals surface area contributed by atoms with E-state index < -0.39 is 0 Å². The number of nitrogens with one attached hydrogen (secondary N) is 1. The monoisotopic (exact) mass is 326 g/mol. The standard InChI is InChI=1S/C19H19ClN2O/c20-17-15(11-14-7-4-8-16(14)21-17)18(23)22-19(9-10-19)12-13-5-2-1-3-6-13/h1-3,5-6,11H,4,7-10,12H2,(H,22,23). The lowest BCUT2D eigenvalue weighted by Crippen LogP contribution is -2.38. The Morgan fingerprint density at radius 3 is 2.74 bits per heavy atom. The summed E-state index contributed by atoms with van der Waals surface area (Å²) < 4.78 is 0. The molecule has 4 rings (SSSR count). The number of fused-ring (bicyclic) bond motifs is 1. The Morgan fingerprint density at radius 2 is 2.00 bits per heavy atom. The number of benzene rings is 1. The number of carbonyl (C=O) groups excluding carboxylic acids is 1. The van der Waals surface area contributed by atoms with E-state index in [4.69, 9.17) is 11.6 Å². The van der Waals surface area contributed by atoms with Crippen LogP contribution in [-0.2, 0) is 19.3 Å². The Kier molecular flexibility index (Phi) is 3.61. The van der Waals surface area contributed by atoms with Gasteiger partial charge >= 0.3 is 0 Å². The highest BCUT2D eigenvalue weighted by atomic mass is 35.5. The molecule has 0 radical (unpaired) electrons. The van der Waals surface area contributed by atoms with E-state index in [0.29, 0.717) is 10.7 Å². The van der Waals surface area contributed by atoms with Gasteiger partial charge < -0.3 is 5.32 Å². The van der Waals surface area contributed by atoms with Gasteiger partial charge in [-0.1, -0.05) is 41.9 Å². The molecular formula is C19H19ClN2O. The molecule has 23 heavy (non-hydrogen) atoms. The van der Waals surface area contributed by atoms with Crippen LogP contribution in [0.15, 0.2) is 36.4 Å². The van der Waals surface area contributed by atoms with Gasteiger partial charge in [0.15, 0.2) is 0 Å². The molecule has 1 fully saturated rings. The highest BCUT2D eigenvalue weighted by Gasteiger charge is 2.44. The van der Waals surface area contributed by atoms with Crippen molar-refractivity contribution in [3.05, 3.63) is 63.9 Å². The van der Waals surface area contributed by atoms with Gasteiger partial charge in [-0.05, 0) is 55.7 Å². The predicted molar refractivity (Wildman–Crippen MR) is 90.8 cm³/mol. The maximum Gasteiger partial charge on any atom is 0.254 e. The van der Waals surface area contributed by atoms with E-state index in [-0.39, 0.29) is 11.4 Å². The summed E-state index contributed by atoms with van der Waals surface area (Å²) in [5, 5.41) is 3.53. The number of pyridine rings is 1. The van der Waals surface area contributed by atoms with Crippen molar-refractivity contribution < 1.29 is 4.79 Å². The summed E-state index contributed by atoms with van der Waals surface area (Å²) in [6, 6.07) is 12.2. The lowest BCUT2D eigenvalue weighted by molar-refractivity contribution is 0.0931. The summed E-state index contributed by atoms with van der Waals surface area (Å²) in [7, 11) is 0. The number of carbonyl (C=O) groups is 1. The van der Waals surface area contributed by atoms with E-state index in [0.717, 1.165) is 44.2 Å². The molecular weight excluding hydrogens is 308 g/mol. The summed E-state index contributed by atoms with van der Waals surface area (Å²) in [5.41, 5.74) is 3.89. The van der Waals surface area contributed by atoms with E-state index in [9.17, 15) is 4.79 Å². The van der Waals surface area contributed by atoms with Gasteiger partial charge in [0.25, 0.3) is 5.91 Å². The van der Waals surface area contributed by atoms with Crippen LogP contribution in [-0.4, -0.2) is 16.4 Å². The van der Waals surface area contributed by atoms with E-state index >= 15 is 0 Å². The van der Waals surface area contributed by atoms with Gasteiger partial charge in [-0.2, -0.15) is 0 Å². The molecule has 2 aliphatic carbocycles. The summed E-state index contributed by atoms with van der Waals surface area (Å²) in [6.07, 6.45) is 5.97. The van der Waals surface area contributed by atoms with Gasteiger partial charge in [-0.25, -0.2) is 4.98 Å². The second-order valence-electron chi connectivity index (χ2n) is 6.68. The number of halogens is 1. The number of hydrogen-bond donors (Lipinski definition) is 1. The molecule has 0 saturated heterocycles. The van der Waals surface area contributed by atoms with Crippen molar-refractivity contribution in [1.82, 2.24) is 10.3 Å². The molecule has 0 unspecified atom stereocenters. The van der Waals surface area contributed by atoms with E-state index in [1.807, 2.05) is 24.3 Å². The maximum atomic E-state index is 12.7. The lowest BCUT2D eigenvalue weighted by atomic mass is 10.0. The lowest BCUT2D eigenvalue weighted by Gasteiger charge is -2.18. The molecule has 0 aliphatic heterocycles. The first kappa shape index (κ1) is 14.7. The molecule has 2 aliphatic rings. The van der Waals surface area contributed by atoms with Crippen LogP contribution in [0.25, 0.3) is 0 Å². The average molecular weight is 327 g/mol. The fourth-order valence-electron chi connectivity index (χ4n) is 3.40. The van der Waals surface area contributed by atoms with Gasteiger partial charge in [0, 0.05) is 11.2 Å². The van der Waals surface area contributed by atoms with Gasteiger partial charge in [0.1, 0.15) is 5.15 Å². The molecule has 1 saturated carbocycles. The molecule has 118 valence electrons. The van der Waals surface area contributed by atoms with E-state index in [2.05, 4.69) is 22.4 Å². The fraction of sp³-hybridized carbons (Fsp3) is 0.368. The summed E-state index contributed by atoms with van der Waals surface area (Å²) in [4.78, 5) is 17.1. The SMILES string of the molecule is O=C(NC1(Cc2ccccc2)CC1)c1cc2c(nc1Cl)CCC2. The van der Waals surface area contributed by atoms with Gasteiger partial charge in [0.2, 0.25) is 0 Å². The molecule has 1 aromatic heterocycles. The van der Waals surface area contributed by atoms with Crippen LogP contribution in [0.2, 0.25) is 5.15 Å². The number of rotatable bonds is 4. The van der Waals surface area contributed by atoms with Gasteiger partial charge in [-0.3, -0.25) is 4.79 Å². The van der Waals surface area contributed by atoms with Crippen molar-refractivity contribution in [2.75, 3.05) is 0 Å². The summed E-state index contributed by atoms with van der Waals surface area (Å²) in [6.45, 7) is 0. The van der Waals surface area contributed by atoms with Crippen LogP contribution in [0, 0.1) is 0 Å². The minimum absolute atomic E-state index is 0.0920. The fourth-order valence-corrected chi connectivity index (χ4v) is 3.64. The molecule has 1 N–H and O–H groups in total. The molecule has 0 atom stereocenters. The Hall–Kier alpha value is -1.87. The Balaban J connectivity index is 1.52. The Bertz CT molecular complexity index is 753. The van der Waals surface area contributed by atoms with Crippen LogP contribution in [0.4, 0.5) is 0 Å². The molecule has 0 bridgehead atoms. The predicted octanol–water partition coefficient (Wildman–Crippen LogP) is 3.73. The summed E-state index contributed by atoms with van der Waals surface area (Å²) >= 11 is 6.24. The molecule has 1 heterocycles. The largest absolute Gasteiger partial charge is 0.346 e.